The highest BCUT2D eigenvalue weighted by atomic mass is 14.9. The summed E-state index contributed by atoms with van der Waals surface area (Å²) in [5.41, 5.74) is 2.15. The van der Waals surface area contributed by atoms with Gasteiger partial charge in [0.2, 0.25) is 0 Å². The molecule has 2 aromatic rings. The van der Waals surface area contributed by atoms with Crippen LogP contribution in [0.3, 0.4) is 0 Å². The van der Waals surface area contributed by atoms with E-state index >= 15 is 0 Å². The Kier molecular flexibility index (Phi) is 3.83. The highest BCUT2D eigenvalue weighted by molar-refractivity contribution is 5.46. The van der Waals surface area contributed by atoms with Gasteiger partial charge in [0.25, 0.3) is 0 Å². The normalized spacial score (nSPS) is 11.1. The summed E-state index contributed by atoms with van der Waals surface area (Å²) >= 11 is 0. The molecular formula is C16H15N. The van der Waals surface area contributed by atoms with Crippen LogP contribution in [-0.2, 0) is 0 Å². The van der Waals surface area contributed by atoms with Gasteiger partial charge in [-0.1, -0.05) is 48.2 Å². The highest BCUT2D eigenvalue weighted by Gasteiger charge is 1.95. The molecule has 0 saturated carbocycles. The van der Waals surface area contributed by atoms with E-state index in [4.69, 9.17) is 0 Å². The molecule has 0 aromatic heterocycles. The SMILES string of the molecule is C[C@@H](C#Cc1ccccc1)Nc1ccccc1. The molecule has 1 atom stereocenters. The second-order valence-electron chi connectivity index (χ2n) is 3.87. The Morgan fingerprint density at radius 1 is 0.882 bits per heavy atom. The standard InChI is InChI=1S/C16H15N/c1-14(17-16-10-6-3-7-11-16)12-13-15-8-4-2-5-9-15/h2-11,14,17H,1H3/t14-/m0/s1. The molecular weight excluding hydrogens is 206 g/mol. The first-order chi connectivity index (χ1) is 8.34. The van der Waals surface area contributed by atoms with Crippen molar-refractivity contribution in [2.45, 2.75) is 13.0 Å². The van der Waals surface area contributed by atoms with Crippen molar-refractivity contribution in [2.24, 2.45) is 0 Å². The van der Waals surface area contributed by atoms with Crippen LogP contribution in [0.1, 0.15) is 12.5 Å². The summed E-state index contributed by atoms with van der Waals surface area (Å²) in [4.78, 5) is 0. The van der Waals surface area contributed by atoms with Crippen molar-refractivity contribution in [3.8, 4) is 11.8 Å². The summed E-state index contributed by atoms with van der Waals surface area (Å²) in [5.74, 6) is 6.34. The molecule has 0 aliphatic carbocycles. The molecule has 0 amide bonds. The Labute approximate surface area is 102 Å². The number of hydrogen-bond donors (Lipinski definition) is 1. The van der Waals surface area contributed by atoms with Gasteiger partial charge in [0.15, 0.2) is 0 Å². The van der Waals surface area contributed by atoms with E-state index < -0.39 is 0 Å². The maximum atomic E-state index is 3.34. The zero-order valence-electron chi connectivity index (χ0n) is 9.85. The van der Waals surface area contributed by atoms with Crippen molar-refractivity contribution < 1.29 is 0 Å². The first-order valence-electron chi connectivity index (χ1n) is 5.73. The second kappa shape index (κ2) is 5.77. The molecule has 1 nitrogen and oxygen atoms in total. The van der Waals surface area contributed by atoms with E-state index in [0.717, 1.165) is 11.3 Å². The van der Waals surface area contributed by atoms with Crippen LogP contribution in [0.15, 0.2) is 60.7 Å². The largest absolute Gasteiger partial charge is 0.372 e. The molecule has 0 heterocycles. The minimum atomic E-state index is 0.137. The molecule has 0 radical (unpaired) electrons. The third kappa shape index (κ3) is 3.70. The first-order valence-corrected chi connectivity index (χ1v) is 5.73. The monoisotopic (exact) mass is 221 g/mol. The van der Waals surface area contributed by atoms with E-state index in [1.54, 1.807) is 0 Å². The molecule has 0 saturated heterocycles. The van der Waals surface area contributed by atoms with Gasteiger partial charge in [-0.05, 0) is 31.2 Å². The van der Waals surface area contributed by atoms with E-state index in [0.29, 0.717) is 0 Å². The number of para-hydroxylation sites is 1. The minimum Gasteiger partial charge on any atom is -0.372 e. The average molecular weight is 221 g/mol. The molecule has 0 aliphatic heterocycles. The number of rotatable bonds is 2. The van der Waals surface area contributed by atoms with Crippen molar-refractivity contribution in [1.29, 1.82) is 0 Å². The van der Waals surface area contributed by atoms with E-state index in [1.807, 2.05) is 60.7 Å². The van der Waals surface area contributed by atoms with E-state index in [-0.39, 0.29) is 6.04 Å². The highest BCUT2D eigenvalue weighted by Crippen LogP contribution is 2.06. The van der Waals surface area contributed by atoms with Crippen LogP contribution in [0.5, 0.6) is 0 Å². The quantitative estimate of drug-likeness (QED) is 0.765. The number of hydrogen-bond acceptors (Lipinski definition) is 1. The van der Waals surface area contributed by atoms with Gasteiger partial charge < -0.3 is 5.32 Å². The Bertz CT molecular complexity index is 505. The summed E-state index contributed by atoms with van der Waals surface area (Å²) < 4.78 is 0. The van der Waals surface area contributed by atoms with Crippen molar-refractivity contribution in [3.63, 3.8) is 0 Å². The minimum absolute atomic E-state index is 0.137. The molecule has 2 aromatic carbocycles. The molecule has 0 spiro atoms. The van der Waals surface area contributed by atoms with Crippen LogP contribution < -0.4 is 5.32 Å². The molecule has 1 N–H and O–H groups in total. The lowest BCUT2D eigenvalue weighted by molar-refractivity contribution is 1.03. The zero-order chi connectivity index (χ0) is 11.9. The van der Waals surface area contributed by atoms with Crippen LogP contribution in [0.4, 0.5) is 5.69 Å². The summed E-state index contributed by atoms with van der Waals surface area (Å²) in [6.45, 7) is 2.06. The Morgan fingerprint density at radius 3 is 2.12 bits per heavy atom. The lowest BCUT2D eigenvalue weighted by Crippen LogP contribution is -2.12. The van der Waals surface area contributed by atoms with E-state index in [1.165, 1.54) is 0 Å². The van der Waals surface area contributed by atoms with E-state index in [9.17, 15) is 0 Å². The van der Waals surface area contributed by atoms with Gasteiger partial charge in [-0.15, -0.1) is 0 Å². The zero-order valence-corrected chi connectivity index (χ0v) is 9.85. The van der Waals surface area contributed by atoms with Crippen molar-refractivity contribution in [3.05, 3.63) is 66.2 Å². The van der Waals surface area contributed by atoms with Gasteiger partial charge in [0.1, 0.15) is 0 Å². The van der Waals surface area contributed by atoms with Crippen LogP contribution in [0.25, 0.3) is 0 Å². The summed E-state index contributed by atoms with van der Waals surface area (Å²) in [7, 11) is 0. The Balaban J connectivity index is 1.99. The van der Waals surface area contributed by atoms with Crippen molar-refractivity contribution >= 4 is 5.69 Å². The van der Waals surface area contributed by atoms with Crippen LogP contribution in [0.2, 0.25) is 0 Å². The van der Waals surface area contributed by atoms with Gasteiger partial charge in [0.05, 0.1) is 6.04 Å². The van der Waals surface area contributed by atoms with Gasteiger partial charge >= 0.3 is 0 Å². The van der Waals surface area contributed by atoms with Crippen LogP contribution >= 0.6 is 0 Å². The molecule has 2 rings (SSSR count). The van der Waals surface area contributed by atoms with E-state index in [2.05, 4.69) is 24.1 Å². The fraction of sp³-hybridized carbons (Fsp3) is 0.125. The third-order valence-electron chi connectivity index (χ3n) is 2.36. The Morgan fingerprint density at radius 2 is 1.47 bits per heavy atom. The van der Waals surface area contributed by atoms with Crippen LogP contribution in [-0.4, -0.2) is 6.04 Å². The first kappa shape index (κ1) is 11.3. The smallest absolute Gasteiger partial charge is 0.0852 e. The lowest BCUT2D eigenvalue weighted by atomic mass is 10.2. The van der Waals surface area contributed by atoms with Gasteiger partial charge in [0, 0.05) is 11.3 Å². The summed E-state index contributed by atoms with van der Waals surface area (Å²) in [6.07, 6.45) is 0. The predicted octanol–water partition coefficient (Wildman–Crippen LogP) is 3.54. The maximum Gasteiger partial charge on any atom is 0.0852 e. The lowest BCUT2D eigenvalue weighted by Gasteiger charge is -2.08. The predicted molar refractivity (Wildman–Crippen MR) is 72.8 cm³/mol. The molecule has 1 heteroatoms. The Hall–Kier alpha value is -2.20. The fourth-order valence-electron chi connectivity index (χ4n) is 1.53. The maximum absolute atomic E-state index is 3.34. The molecule has 0 aliphatic rings. The number of nitrogens with one attached hydrogen (secondary N) is 1. The fourth-order valence-corrected chi connectivity index (χ4v) is 1.53. The summed E-state index contributed by atoms with van der Waals surface area (Å²) in [6, 6.07) is 20.3. The second-order valence-corrected chi connectivity index (χ2v) is 3.87. The molecule has 0 fully saturated rings. The van der Waals surface area contributed by atoms with Crippen LogP contribution in [0, 0.1) is 11.8 Å². The topological polar surface area (TPSA) is 12.0 Å². The van der Waals surface area contributed by atoms with Crippen molar-refractivity contribution in [1.82, 2.24) is 0 Å². The number of benzene rings is 2. The molecule has 0 bridgehead atoms. The van der Waals surface area contributed by atoms with Gasteiger partial charge in [-0.25, -0.2) is 0 Å². The molecule has 17 heavy (non-hydrogen) atoms. The van der Waals surface area contributed by atoms with Gasteiger partial charge in [-0.2, -0.15) is 0 Å². The third-order valence-corrected chi connectivity index (χ3v) is 2.36. The molecule has 84 valence electrons. The average Bonchev–Trinajstić information content (AvgIpc) is 2.39. The van der Waals surface area contributed by atoms with Gasteiger partial charge in [-0.3, -0.25) is 0 Å². The van der Waals surface area contributed by atoms with Crippen molar-refractivity contribution in [2.75, 3.05) is 5.32 Å². The summed E-state index contributed by atoms with van der Waals surface area (Å²) in [5, 5.41) is 3.34. The number of anilines is 1. The molecule has 0 unspecified atom stereocenters.